The highest BCUT2D eigenvalue weighted by molar-refractivity contribution is 6.12. The zero-order chi connectivity index (χ0) is 21.3. The zero-order valence-corrected chi connectivity index (χ0v) is 15.3. The van der Waals surface area contributed by atoms with Crippen LogP contribution in [0.1, 0.15) is 26.3 Å². The highest BCUT2D eigenvalue weighted by Crippen LogP contribution is 2.24. The fourth-order valence-corrected chi connectivity index (χ4v) is 3.03. The molecule has 1 N–H and O–H groups in total. The summed E-state index contributed by atoms with van der Waals surface area (Å²) in [6.45, 7) is 0. The summed E-state index contributed by atoms with van der Waals surface area (Å²) < 4.78 is 41.8. The van der Waals surface area contributed by atoms with Crippen LogP contribution in [0.2, 0.25) is 0 Å². The predicted molar refractivity (Wildman–Crippen MR) is 106 cm³/mol. The molecule has 4 nitrogen and oxygen atoms in total. The Hall–Kier alpha value is -4.00. The highest BCUT2D eigenvalue weighted by Gasteiger charge is 2.20. The molecule has 0 unspecified atom stereocenters. The molecule has 0 radical (unpaired) electrons. The third kappa shape index (κ3) is 3.77. The summed E-state index contributed by atoms with van der Waals surface area (Å²) in [6.07, 6.45) is 1.60. The fraction of sp³-hybridized carbons (Fsp3) is 0. The number of halogens is 3. The lowest BCUT2D eigenvalue weighted by Crippen LogP contribution is -2.14. The van der Waals surface area contributed by atoms with Crippen molar-refractivity contribution in [2.75, 3.05) is 5.32 Å². The van der Waals surface area contributed by atoms with Gasteiger partial charge in [0.2, 0.25) is 0 Å². The molecule has 4 rings (SSSR count). The van der Waals surface area contributed by atoms with Crippen molar-refractivity contribution in [3.8, 4) is 0 Å². The van der Waals surface area contributed by atoms with Gasteiger partial charge in [-0.1, -0.05) is 12.1 Å². The van der Waals surface area contributed by atoms with Crippen LogP contribution in [0.25, 0.3) is 10.9 Å². The molecule has 1 amide bonds. The molecule has 0 atom stereocenters. The summed E-state index contributed by atoms with van der Waals surface area (Å²) in [5.41, 5.74) is 0.121. The minimum Gasteiger partial charge on any atom is -0.322 e. The molecule has 148 valence electrons. The van der Waals surface area contributed by atoms with Crippen molar-refractivity contribution in [3.05, 3.63) is 107 Å². The number of nitrogens with zero attached hydrogens (tertiary/aromatic N) is 1. The van der Waals surface area contributed by atoms with E-state index >= 15 is 0 Å². The van der Waals surface area contributed by atoms with Crippen molar-refractivity contribution in [1.82, 2.24) is 4.98 Å². The molecule has 0 spiro atoms. The second-order valence-corrected chi connectivity index (χ2v) is 6.52. The van der Waals surface area contributed by atoms with Gasteiger partial charge in [0.15, 0.2) is 17.4 Å². The van der Waals surface area contributed by atoms with Crippen LogP contribution in [0, 0.1) is 17.5 Å². The average Bonchev–Trinajstić information content (AvgIpc) is 2.75. The van der Waals surface area contributed by atoms with Gasteiger partial charge in [0, 0.05) is 34.5 Å². The number of benzene rings is 3. The third-order valence-electron chi connectivity index (χ3n) is 4.48. The zero-order valence-electron chi connectivity index (χ0n) is 15.3. The predicted octanol–water partition coefficient (Wildman–Crippen LogP) is 5.14. The maximum absolute atomic E-state index is 14.4. The summed E-state index contributed by atoms with van der Waals surface area (Å²) >= 11 is 0. The number of fused-ring (bicyclic) bond motifs is 1. The molecular weight excluding hydrogens is 393 g/mol. The largest absolute Gasteiger partial charge is 0.322 e. The summed E-state index contributed by atoms with van der Waals surface area (Å²) in [5.74, 6) is -4.71. The normalized spacial score (nSPS) is 10.8. The Bertz CT molecular complexity index is 1300. The molecule has 30 heavy (non-hydrogen) atoms. The van der Waals surface area contributed by atoms with Gasteiger partial charge in [-0.05, 0) is 48.5 Å². The minimum atomic E-state index is -1.32. The molecule has 0 aliphatic rings. The smallest absolute Gasteiger partial charge is 0.255 e. The quantitative estimate of drug-likeness (QED) is 0.478. The number of aromatic nitrogens is 1. The van der Waals surface area contributed by atoms with Gasteiger partial charge >= 0.3 is 0 Å². The summed E-state index contributed by atoms with van der Waals surface area (Å²) in [4.78, 5) is 29.2. The second-order valence-electron chi connectivity index (χ2n) is 6.52. The van der Waals surface area contributed by atoms with Gasteiger partial charge in [-0.2, -0.15) is 0 Å². The van der Waals surface area contributed by atoms with E-state index in [0.717, 1.165) is 18.2 Å². The van der Waals surface area contributed by atoms with Gasteiger partial charge in [-0.15, -0.1) is 0 Å². The Balaban J connectivity index is 1.68. The molecule has 7 heteroatoms. The minimum absolute atomic E-state index is 0.00496. The second kappa shape index (κ2) is 7.79. The number of carbonyl (C=O) groups is 2. The number of hydrogen-bond acceptors (Lipinski definition) is 3. The Morgan fingerprint density at radius 3 is 2.47 bits per heavy atom. The van der Waals surface area contributed by atoms with Crippen LogP contribution in [-0.2, 0) is 0 Å². The molecule has 1 aromatic heterocycles. The molecular formula is C23H13F3N2O2. The molecule has 1 heterocycles. The lowest BCUT2D eigenvalue weighted by Gasteiger charge is -2.10. The van der Waals surface area contributed by atoms with Crippen molar-refractivity contribution in [3.63, 3.8) is 0 Å². The van der Waals surface area contributed by atoms with E-state index in [9.17, 15) is 22.8 Å². The summed E-state index contributed by atoms with van der Waals surface area (Å²) in [6, 6.07) is 14.7. The monoisotopic (exact) mass is 406 g/mol. The number of carbonyl (C=O) groups excluding carboxylic acids is 2. The van der Waals surface area contributed by atoms with Crippen LogP contribution in [0.5, 0.6) is 0 Å². The van der Waals surface area contributed by atoms with Crippen LogP contribution >= 0.6 is 0 Å². The molecule has 0 bridgehead atoms. The topological polar surface area (TPSA) is 59.1 Å². The molecule has 0 saturated heterocycles. The van der Waals surface area contributed by atoms with Crippen LogP contribution in [0.4, 0.5) is 18.9 Å². The van der Waals surface area contributed by atoms with Crippen LogP contribution in [-0.4, -0.2) is 16.7 Å². The molecule has 0 fully saturated rings. The maximum atomic E-state index is 14.4. The van der Waals surface area contributed by atoms with Crippen molar-refractivity contribution in [2.24, 2.45) is 0 Å². The number of pyridine rings is 1. The van der Waals surface area contributed by atoms with E-state index < -0.39 is 34.7 Å². The van der Waals surface area contributed by atoms with Gasteiger partial charge in [-0.25, -0.2) is 13.2 Å². The summed E-state index contributed by atoms with van der Waals surface area (Å²) in [5, 5.41) is 3.02. The Morgan fingerprint density at radius 2 is 1.67 bits per heavy atom. The van der Waals surface area contributed by atoms with Crippen LogP contribution in [0.3, 0.4) is 0 Å². The number of amides is 1. The maximum Gasteiger partial charge on any atom is 0.255 e. The standard InChI is InChI=1S/C23H13F3N2O2/c24-16-5-1-3-15(10-16)23(30)28-17-11-18(21(26)19(25)12-17)22(29)14-6-7-20-13(9-14)4-2-8-27-20/h1-12H,(H,28,30). The average molecular weight is 406 g/mol. The van der Waals surface area contributed by atoms with Crippen molar-refractivity contribution >= 4 is 28.3 Å². The first-order valence-electron chi connectivity index (χ1n) is 8.88. The lowest BCUT2D eigenvalue weighted by atomic mass is 10.00. The van der Waals surface area contributed by atoms with Crippen molar-refractivity contribution in [2.45, 2.75) is 0 Å². The first-order chi connectivity index (χ1) is 14.4. The Morgan fingerprint density at radius 1 is 0.833 bits per heavy atom. The molecule has 0 saturated carbocycles. The van der Waals surface area contributed by atoms with Gasteiger partial charge in [-0.3, -0.25) is 14.6 Å². The fourth-order valence-electron chi connectivity index (χ4n) is 3.03. The third-order valence-corrected chi connectivity index (χ3v) is 4.48. The van der Waals surface area contributed by atoms with E-state index in [1.807, 2.05) is 0 Å². The first-order valence-corrected chi connectivity index (χ1v) is 8.88. The van der Waals surface area contributed by atoms with Gasteiger partial charge < -0.3 is 5.32 Å². The van der Waals surface area contributed by atoms with E-state index in [2.05, 4.69) is 10.3 Å². The van der Waals surface area contributed by atoms with Gasteiger partial charge in [0.05, 0.1) is 11.1 Å². The summed E-state index contributed by atoms with van der Waals surface area (Å²) in [7, 11) is 0. The number of ketones is 1. The van der Waals surface area contributed by atoms with E-state index in [0.29, 0.717) is 10.9 Å². The van der Waals surface area contributed by atoms with Gasteiger partial charge in [0.1, 0.15) is 5.82 Å². The van der Waals surface area contributed by atoms with E-state index in [1.54, 1.807) is 24.4 Å². The van der Waals surface area contributed by atoms with Crippen LogP contribution in [0.15, 0.2) is 72.9 Å². The van der Waals surface area contributed by atoms with E-state index in [-0.39, 0.29) is 16.8 Å². The molecule has 0 aliphatic carbocycles. The van der Waals surface area contributed by atoms with Crippen molar-refractivity contribution < 1.29 is 22.8 Å². The highest BCUT2D eigenvalue weighted by atomic mass is 19.2. The Kier molecular flexibility index (Phi) is 5.02. The number of rotatable bonds is 4. The SMILES string of the molecule is O=C(Nc1cc(F)c(F)c(C(=O)c2ccc3ncccc3c2)c1)c1cccc(F)c1. The molecule has 4 aromatic rings. The first kappa shape index (κ1) is 19.3. The van der Waals surface area contributed by atoms with Crippen LogP contribution < -0.4 is 5.32 Å². The van der Waals surface area contributed by atoms with E-state index in [1.165, 1.54) is 30.3 Å². The number of anilines is 1. The number of hydrogen-bond donors (Lipinski definition) is 1. The van der Waals surface area contributed by atoms with Crippen molar-refractivity contribution in [1.29, 1.82) is 0 Å². The number of nitrogens with one attached hydrogen (secondary N) is 1. The van der Waals surface area contributed by atoms with E-state index in [4.69, 9.17) is 0 Å². The lowest BCUT2D eigenvalue weighted by molar-refractivity contribution is 0.101. The molecule has 0 aliphatic heterocycles. The Labute approximate surface area is 169 Å². The molecule has 3 aromatic carbocycles. The van der Waals surface area contributed by atoms with Gasteiger partial charge in [0.25, 0.3) is 5.91 Å².